The fourth-order valence-electron chi connectivity index (χ4n) is 2.69. The first-order chi connectivity index (χ1) is 12.7. The molecule has 0 aliphatic carbocycles. The maximum Gasteiger partial charge on any atom is 0.235 e. The van der Waals surface area contributed by atoms with Crippen LogP contribution in [-0.2, 0) is 4.84 Å². The van der Waals surface area contributed by atoms with Crippen LogP contribution in [0.5, 0.6) is 5.75 Å². The third-order valence-electron chi connectivity index (χ3n) is 3.92. The molecule has 26 heavy (non-hydrogen) atoms. The van der Waals surface area contributed by atoms with Gasteiger partial charge in [0.05, 0.1) is 18.8 Å². The molecule has 5 nitrogen and oxygen atoms in total. The third kappa shape index (κ3) is 3.37. The van der Waals surface area contributed by atoms with E-state index in [1.807, 2.05) is 0 Å². The largest absolute Gasteiger partial charge is 0.436 e. The van der Waals surface area contributed by atoms with E-state index >= 15 is 0 Å². The van der Waals surface area contributed by atoms with Crippen molar-refractivity contribution in [2.24, 2.45) is 5.16 Å². The van der Waals surface area contributed by atoms with Crippen LogP contribution >= 0.6 is 0 Å². The summed E-state index contributed by atoms with van der Waals surface area (Å²) in [7, 11) is 0. The van der Waals surface area contributed by atoms with E-state index < -0.39 is 11.9 Å². The zero-order valence-corrected chi connectivity index (χ0v) is 13.5. The predicted molar refractivity (Wildman–Crippen MR) is 90.3 cm³/mol. The normalized spacial score (nSPS) is 16.1. The molecule has 0 saturated heterocycles. The molecule has 130 valence electrons. The number of halogens is 2. The summed E-state index contributed by atoms with van der Waals surface area (Å²) < 4.78 is 33.4. The van der Waals surface area contributed by atoms with E-state index in [1.54, 1.807) is 24.3 Å². The molecule has 1 aromatic heterocycles. The van der Waals surface area contributed by atoms with Crippen molar-refractivity contribution in [2.75, 3.05) is 0 Å². The molecule has 0 fully saturated rings. The van der Waals surface area contributed by atoms with E-state index in [4.69, 9.17) is 9.57 Å². The van der Waals surface area contributed by atoms with E-state index in [2.05, 4.69) is 15.1 Å². The fourth-order valence-corrected chi connectivity index (χ4v) is 2.69. The highest BCUT2D eigenvalue weighted by atomic mass is 19.1. The predicted octanol–water partition coefficient (Wildman–Crippen LogP) is 4.28. The molecule has 0 unspecified atom stereocenters. The van der Waals surface area contributed by atoms with Gasteiger partial charge in [-0.1, -0.05) is 29.4 Å². The van der Waals surface area contributed by atoms with Gasteiger partial charge in [-0.25, -0.2) is 18.7 Å². The summed E-state index contributed by atoms with van der Waals surface area (Å²) in [5, 5.41) is 3.84. The zero-order valence-electron chi connectivity index (χ0n) is 13.5. The van der Waals surface area contributed by atoms with Crippen molar-refractivity contribution in [3.63, 3.8) is 0 Å². The minimum Gasteiger partial charge on any atom is -0.436 e. The summed E-state index contributed by atoms with van der Waals surface area (Å²) in [6, 6.07) is 10.7. The Labute approximate surface area is 147 Å². The van der Waals surface area contributed by atoms with Gasteiger partial charge in [0.2, 0.25) is 5.90 Å². The molecule has 0 radical (unpaired) electrons. The highest BCUT2D eigenvalue weighted by Crippen LogP contribution is 2.32. The Hall–Kier alpha value is -3.35. The van der Waals surface area contributed by atoms with Crippen molar-refractivity contribution < 1.29 is 18.4 Å². The Morgan fingerprint density at radius 2 is 1.81 bits per heavy atom. The van der Waals surface area contributed by atoms with Crippen LogP contribution in [0.15, 0.2) is 66.3 Å². The fraction of sp³-hybridized carbons (Fsp3) is 0.105. The van der Waals surface area contributed by atoms with Crippen molar-refractivity contribution >= 4 is 5.90 Å². The molecule has 3 aromatic rings. The molecule has 0 spiro atoms. The number of rotatable bonds is 3. The van der Waals surface area contributed by atoms with E-state index in [-0.39, 0.29) is 12.2 Å². The van der Waals surface area contributed by atoms with Gasteiger partial charge in [-0.2, -0.15) is 0 Å². The highest BCUT2D eigenvalue weighted by Gasteiger charge is 2.27. The monoisotopic (exact) mass is 353 g/mol. The van der Waals surface area contributed by atoms with Crippen molar-refractivity contribution in [3.05, 3.63) is 78.4 Å². The molecule has 0 N–H and O–H groups in total. The topological polar surface area (TPSA) is 56.6 Å². The third-order valence-corrected chi connectivity index (χ3v) is 3.92. The van der Waals surface area contributed by atoms with Crippen molar-refractivity contribution in [1.82, 2.24) is 9.97 Å². The van der Waals surface area contributed by atoms with Crippen LogP contribution in [0, 0.1) is 11.6 Å². The summed E-state index contributed by atoms with van der Waals surface area (Å²) in [5.74, 6) is -0.0710. The van der Waals surface area contributed by atoms with Crippen molar-refractivity contribution in [3.8, 4) is 16.9 Å². The van der Waals surface area contributed by atoms with Crippen LogP contribution in [0.2, 0.25) is 0 Å². The minimum atomic E-state index is -0.587. The van der Waals surface area contributed by atoms with Crippen LogP contribution < -0.4 is 4.74 Å². The van der Waals surface area contributed by atoms with Gasteiger partial charge in [0.25, 0.3) is 0 Å². The van der Waals surface area contributed by atoms with Gasteiger partial charge < -0.3 is 9.57 Å². The van der Waals surface area contributed by atoms with E-state index in [1.165, 1.54) is 36.9 Å². The van der Waals surface area contributed by atoms with E-state index in [9.17, 15) is 8.78 Å². The SMILES string of the molecule is Fc1cccc(-c2ccc([C@H]3CC(Oc4cncnc4)=NO3)c(F)c2)c1. The first-order valence-corrected chi connectivity index (χ1v) is 7.90. The number of hydrogen-bond donors (Lipinski definition) is 0. The number of ether oxygens (including phenoxy) is 1. The second-order valence-corrected chi connectivity index (χ2v) is 5.71. The summed E-state index contributed by atoms with van der Waals surface area (Å²) in [5.41, 5.74) is 1.55. The number of benzene rings is 2. The van der Waals surface area contributed by atoms with Gasteiger partial charge in [0.15, 0.2) is 11.9 Å². The molecule has 2 aromatic carbocycles. The van der Waals surface area contributed by atoms with Gasteiger partial charge in [0.1, 0.15) is 18.0 Å². The molecule has 1 aliphatic rings. The molecule has 4 rings (SSSR count). The number of nitrogens with zero attached hydrogens (tertiary/aromatic N) is 3. The molecule has 0 bridgehead atoms. The molecular weight excluding hydrogens is 340 g/mol. The summed E-state index contributed by atoms with van der Waals surface area (Å²) in [6.07, 6.45) is 4.08. The number of oxime groups is 1. The second kappa shape index (κ2) is 6.87. The van der Waals surface area contributed by atoms with Gasteiger partial charge in [-0.15, -0.1) is 0 Å². The zero-order chi connectivity index (χ0) is 17.9. The van der Waals surface area contributed by atoms with Crippen LogP contribution in [0.1, 0.15) is 18.1 Å². The summed E-state index contributed by atoms with van der Waals surface area (Å²) in [6.45, 7) is 0. The average Bonchev–Trinajstić information content (AvgIpc) is 3.10. The lowest BCUT2D eigenvalue weighted by molar-refractivity contribution is 0.0828. The van der Waals surface area contributed by atoms with Crippen molar-refractivity contribution in [1.29, 1.82) is 0 Å². The molecule has 0 saturated carbocycles. The molecule has 1 atom stereocenters. The Morgan fingerprint density at radius 1 is 1.00 bits per heavy atom. The van der Waals surface area contributed by atoms with Crippen LogP contribution in [-0.4, -0.2) is 15.9 Å². The smallest absolute Gasteiger partial charge is 0.235 e. The summed E-state index contributed by atoms with van der Waals surface area (Å²) in [4.78, 5) is 13.0. The van der Waals surface area contributed by atoms with Gasteiger partial charge in [-0.05, 0) is 29.3 Å². The van der Waals surface area contributed by atoms with Crippen LogP contribution in [0.25, 0.3) is 11.1 Å². The van der Waals surface area contributed by atoms with E-state index in [0.717, 1.165) is 0 Å². The molecule has 0 amide bonds. The molecule has 1 aliphatic heterocycles. The van der Waals surface area contributed by atoms with Gasteiger partial charge in [-0.3, -0.25) is 0 Å². The number of hydrogen-bond acceptors (Lipinski definition) is 5. The standard InChI is InChI=1S/C19H13F2N3O2/c20-14-3-1-2-12(6-14)13-4-5-16(17(21)7-13)18-8-19(24-26-18)25-15-9-22-11-23-10-15/h1-7,9-11,18H,8H2/t18-/m1/s1. The Kier molecular flexibility index (Phi) is 4.27. The lowest BCUT2D eigenvalue weighted by Gasteiger charge is -2.11. The first-order valence-electron chi connectivity index (χ1n) is 7.90. The van der Waals surface area contributed by atoms with Gasteiger partial charge in [0, 0.05) is 5.56 Å². The highest BCUT2D eigenvalue weighted by molar-refractivity contribution is 5.79. The quantitative estimate of drug-likeness (QED) is 0.705. The maximum absolute atomic E-state index is 14.6. The van der Waals surface area contributed by atoms with Crippen molar-refractivity contribution in [2.45, 2.75) is 12.5 Å². The maximum atomic E-state index is 14.6. The Balaban J connectivity index is 1.49. The Bertz CT molecular complexity index is 964. The summed E-state index contributed by atoms with van der Waals surface area (Å²) >= 11 is 0. The van der Waals surface area contributed by atoms with Gasteiger partial charge >= 0.3 is 0 Å². The molecule has 7 heteroatoms. The first kappa shape index (κ1) is 16.1. The number of aromatic nitrogens is 2. The molecule has 2 heterocycles. The van der Waals surface area contributed by atoms with Crippen LogP contribution in [0.4, 0.5) is 8.78 Å². The minimum absolute atomic E-state index is 0.283. The second-order valence-electron chi connectivity index (χ2n) is 5.71. The molecular formula is C19H13F2N3O2. The lowest BCUT2D eigenvalue weighted by atomic mass is 10.00. The average molecular weight is 353 g/mol. The van der Waals surface area contributed by atoms with E-state index in [0.29, 0.717) is 28.3 Å². The Morgan fingerprint density at radius 3 is 2.58 bits per heavy atom. The van der Waals surface area contributed by atoms with Crippen LogP contribution in [0.3, 0.4) is 0 Å². The lowest BCUT2D eigenvalue weighted by Crippen LogP contribution is -2.08.